The molecule has 1 heterocycles. The van der Waals surface area contributed by atoms with Gasteiger partial charge in [-0.2, -0.15) is 0 Å². The number of ether oxygens (including phenoxy) is 1. The second kappa shape index (κ2) is 1.26. The first-order valence-electron chi connectivity index (χ1n) is 1.08. The lowest BCUT2D eigenvalue weighted by Gasteiger charge is -1.24. The molecule has 1 aliphatic rings. The van der Waals surface area contributed by atoms with Gasteiger partial charge in [-0.15, -0.1) is 0 Å². The van der Waals surface area contributed by atoms with Crippen LogP contribution in [-0.4, -0.2) is 18.7 Å². The zero-order valence-corrected chi connectivity index (χ0v) is 2.27. The average Bonchev–Trinajstić information content (AvgIpc) is 1.46. The highest BCUT2D eigenvalue weighted by Crippen LogP contribution is 1.84. The van der Waals surface area contributed by atoms with Crippen LogP contribution in [0.2, 0.25) is 0 Å². The van der Waals surface area contributed by atoms with E-state index in [9.17, 15) is 0 Å². The van der Waals surface area contributed by atoms with Gasteiger partial charge in [0.15, 0.2) is 0 Å². The van der Waals surface area contributed by atoms with Crippen molar-refractivity contribution in [2.24, 2.45) is 0 Å². The fourth-order valence-corrected chi connectivity index (χ4v) is 0. The smallest absolute Gasteiger partial charge is 0.0701 e. The quantitative estimate of drug-likeness (QED) is 0.388. The molecule has 1 radical (unpaired) electrons. The Hall–Kier alpha value is -0.0800. The molecule has 1 rings (SSSR count). The third-order valence-corrected chi connectivity index (χ3v) is 0.204. The molecule has 1 fully saturated rings. The molecule has 0 aliphatic carbocycles. The Kier molecular flexibility index (Phi) is 1.24. The second-order valence-corrected chi connectivity index (χ2v) is 0.612. The van der Waals surface area contributed by atoms with Crippen molar-refractivity contribution in [2.75, 3.05) is 13.2 Å². The van der Waals surface area contributed by atoms with E-state index in [1.807, 2.05) is 0 Å². The van der Waals surface area contributed by atoms with Crippen LogP contribution >= 0.6 is 0 Å². The van der Waals surface area contributed by atoms with Crippen molar-refractivity contribution in [1.82, 2.24) is 0 Å². The SMILES string of the molecule is C1CO1.[OH]. The van der Waals surface area contributed by atoms with E-state index in [0.717, 1.165) is 13.2 Å². The van der Waals surface area contributed by atoms with E-state index in [4.69, 9.17) is 0 Å². The van der Waals surface area contributed by atoms with E-state index in [-0.39, 0.29) is 5.48 Å². The van der Waals surface area contributed by atoms with Crippen LogP contribution in [0, 0.1) is 0 Å². The van der Waals surface area contributed by atoms with E-state index in [1.165, 1.54) is 0 Å². The molecule has 4 heavy (non-hydrogen) atoms. The van der Waals surface area contributed by atoms with Crippen molar-refractivity contribution in [3.63, 3.8) is 0 Å². The molecule has 25 valence electrons. The Balaban J connectivity index is 0.0000000900. The lowest BCUT2D eigenvalue weighted by atomic mass is 11.0. The molecule has 0 unspecified atom stereocenters. The maximum Gasteiger partial charge on any atom is 0.0701 e. The highest BCUT2D eigenvalue weighted by Gasteiger charge is 1.94. The van der Waals surface area contributed by atoms with E-state index in [1.54, 1.807) is 0 Å². The Labute approximate surface area is 24.7 Å². The summed E-state index contributed by atoms with van der Waals surface area (Å²) in [6, 6.07) is 0. The minimum atomic E-state index is 0. The summed E-state index contributed by atoms with van der Waals surface area (Å²) in [5, 5.41) is 0. The summed E-state index contributed by atoms with van der Waals surface area (Å²) in [5.41, 5.74) is 0. The van der Waals surface area contributed by atoms with E-state index >= 15 is 0 Å². The first-order valence-corrected chi connectivity index (χ1v) is 1.08. The van der Waals surface area contributed by atoms with Crippen molar-refractivity contribution < 1.29 is 10.2 Å². The third kappa shape index (κ3) is 1.92. The van der Waals surface area contributed by atoms with Crippen LogP contribution in [0.15, 0.2) is 0 Å². The van der Waals surface area contributed by atoms with Crippen LogP contribution in [-0.2, 0) is 4.74 Å². The maximum atomic E-state index is 4.50. The molecule has 0 aromatic heterocycles. The Morgan fingerprint density at radius 3 is 1.50 bits per heavy atom. The lowest BCUT2D eigenvalue weighted by Crippen LogP contribution is -1.20. The molecule has 1 saturated heterocycles. The van der Waals surface area contributed by atoms with Crippen LogP contribution in [0.25, 0.3) is 0 Å². The van der Waals surface area contributed by atoms with Crippen molar-refractivity contribution in [1.29, 1.82) is 0 Å². The molecule has 0 atom stereocenters. The van der Waals surface area contributed by atoms with E-state index in [2.05, 4.69) is 4.74 Å². The van der Waals surface area contributed by atoms with Gasteiger partial charge in [0.2, 0.25) is 0 Å². The van der Waals surface area contributed by atoms with Gasteiger partial charge in [-0.25, -0.2) is 0 Å². The number of hydrogen-bond acceptors (Lipinski definition) is 1. The number of epoxide rings is 1. The van der Waals surface area contributed by atoms with Crippen LogP contribution in [0.3, 0.4) is 0 Å². The molecule has 1 N–H and O–H groups in total. The number of hydrogen-bond donors (Lipinski definition) is 1. The molecular weight excluding hydrogens is 56.0 g/mol. The Bertz CT molecular complexity index is 8.75. The van der Waals surface area contributed by atoms with Gasteiger partial charge in [0, 0.05) is 0 Å². The third-order valence-electron chi connectivity index (χ3n) is 0.204. The Morgan fingerprint density at radius 1 is 1.25 bits per heavy atom. The average molecular weight is 61.1 g/mol. The van der Waals surface area contributed by atoms with Crippen LogP contribution in [0.4, 0.5) is 0 Å². The van der Waals surface area contributed by atoms with Gasteiger partial charge < -0.3 is 4.74 Å². The minimum Gasteiger partial charge on any atom is -0.377 e. The highest BCUT2D eigenvalue weighted by molar-refractivity contribution is 4.36. The maximum absolute atomic E-state index is 4.50. The van der Waals surface area contributed by atoms with Gasteiger partial charge in [0.1, 0.15) is 0 Å². The summed E-state index contributed by atoms with van der Waals surface area (Å²) in [7, 11) is 0. The van der Waals surface area contributed by atoms with Crippen LogP contribution < -0.4 is 0 Å². The molecule has 0 aromatic carbocycles. The van der Waals surface area contributed by atoms with Gasteiger partial charge in [0.25, 0.3) is 0 Å². The van der Waals surface area contributed by atoms with Crippen LogP contribution in [0.1, 0.15) is 0 Å². The topological polar surface area (TPSA) is 42.5 Å². The number of rotatable bonds is 0. The van der Waals surface area contributed by atoms with Gasteiger partial charge in [-0.1, -0.05) is 0 Å². The lowest BCUT2D eigenvalue weighted by molar-refractivity contribution is 0.475. The summed E-state index contributed by atoms with van der Waals surface area (Å²) < 4.78 is 4.50. The van der Waals surface area contributed by atoms with Gasteiger partial charge in [0.05, 0.1) is 13.2 Å². The van der Waals surface area contributed by atoms with E-state index < -0.39 is 0 Å². The molecule has 2 heteroatoms. The largest absolute Gasteiger partial charge is 0.377 e. The van der Waals surface area contributed by atoms with Crippen molar-refractivity contribution in [3.05, 3.63) is 0 Å². The summed E-state index contributed by atoms with van der Waals surface area (Å²) in [6.07, 6.45) is 0. The zero-order chi connectivity index (χ0) is 2.12. The van der Waals surface area contributed by atoms with E-state index in [0.29, 0.717) is 0 Å². The fourth-order valence-electron chi connectivity index (χ4n) is 0. The van der Waals surface area contributed by atoms with Crippen molar-refractivity contribution in [2.45, 2.75) is 0 Å². The normalized spacial score (nSPS) is 18.0. The molecule has 0 bridgehead atoms. The molecule has 1 aliphatic heterocycles. The summed E-state index contributed by atoms with van der Waals surface area (Å²) in [4.78, 5) is 0. The first kappa shape index (κ1) is 3.92. The predicted molar refractivity (Wildman–Crippen MR) is 12.8 cm³/mol. The van der Waals surface area contributed by atoms with Crippen LogP contribution in [0.5, 0.6) is 0 Å². The van der Waals surface area contributed by atoms with Crippen molar-refractivity contribution >= 4 is 0 Å². The fraction of sp³-hybridized carbons (Fsp3) is 1.00. The molecule has 0 aromatic rings. The first-order chi connectivity index (χ1) is 1.50. The van der Waals surface area contributed by atoms with Gasteiger partial charge in [-0.3, -0.25) is 5.48 Å². The molecule has 0 saturated carbocycles. The summed E-state index contributed by atoms with van der Waals surface area (Å²) >= 11 is 0. The highest BCUT2D eigenvalue weighted by atomic mass is 16.6. The summed E-state index contributed by atoms with van der Waals surface area (Å²) in [5.74, 6) is 0. The molecule has 0 spiro atoms. The zero-order valence-electron chi connectivity index (χ0n) is 2.27. The second-order valence-electron chi connectivity index (χ2n) is 0.612. The molecule has 2 nitrogen and oxygen atoms in total. The predicted octanol–water partition coefficient (Wildman–Crippen LogP) is -0.160. The minimum absolute atomic E-state index is 0. The van der Waals surface area contributed by atoms with Gasteiger partial charge >= 0.3 is 0 Å². The standard InChI is InChI=1S/C2H4O.HO/c1-2-3-1;/h1-2H2;1H. The molecular formula is C2H5O2. The van der Waals surface area contributed by atoms with Crippen molar-refractivity contribution in [3.8, 4) is 0 Å². The Morgan fingerprint density at radius 2 is 1.50 bits per heavy atom. The summed E-state index contributed by atoms with van der Waals surface area (Å²) in [6.45, 7) is 2.00. The van der Waals surface area contributed by atoms with Gasteiger partial charge in [-0.05, 0) is 0 Å². The monoisotopic (exact) mass is 61.0 g/mol. The molecule has 0 amide bonds.